The van der Waals surface area contributed by atoms with Crippen molar-refractivity contribution in [3.63, 3.8) is 0 Å². The molecule has 5 nitrogen and oxygen atoms in total. The summed E-state index contributed by atoms with van der Waals surface area (Å²) in [7, 11) is -2.28. The second-order valence-corrected chi connectivity index (χ2v) is 6.41. The van der Waals surface area contributed by atoms with Gasteiger partial charge in [0.2, 0.25) is 10.0 Å². The predicted molar refractivity (Wildman–Crippen MR) is 84.2 cm³/mol. The van der Waals surface area contributed by atoms with E-state index in [1.165, 1.54) is 43.5 Å². The molecule has 0 saturated carbocycles. The van der Waals surface area contributed by atoms with Crippen LogP contribution >= 0.6 is 0 Å². The third-order valence-electron chi connectivity index (χ3n) is 2.99. The second kappa shape index (κ2) is 6.55. The van der Waals surface area contributed by atoms with Crippen molar-refractivity contribution in [3.05, 3.63) is 65.7 Å². The summed E-state index contributed by atoms with van der Waals surface area (Å²) in [5, 5.41) is 9.36. The number of ketones is 1. The number of carbonyl (C=O) groups excluding carboxylic acids is 1. The number of phenols is 1. The maximum absolute atomic E-state index is 12.1. The van der Waals surface area contributed by atoms with Crippen LogP contribution in [0.5, 0.6) is 5.75 Å². The van der Waals surface area contributed by atoms with E-state index in [0.717, 1.165) is 0 Å². The lowest BCUT2D eigenvalue weighted by Crippen LogP contribution is -2.18. The molecule has 0 atom stereocenters. The van der Waals surface area contributed by atoms with Gasteiger partial charge in [-0.05, 0) is 43.0 Å². The number of rotatable bonds is 5. The highest BCUT2D eigenvalue weighted by Gasteiger charge is 2.13. The quantitative estimate of drug-likeness (QED) is 0.654. The molecule has 0 saturated heterocycles. The van der Waals surface area contributed by atoms with Crippen LogP contribution in [0.3, 0.4) is 0 Å². The van der Waals surface area contributed by atoms with E-state index in [1.54, 1.807) is 24.3 Å². The van der Waals surface area contributed by atoms with Crippen molar-refractivity contribution < 1.29 is 18.3 Å². The van der Waals surface area contributed by atoms with Gasteiger partial charge in [0.1, 0.15) is 5.75 Å². The Hall–Kier alpha value is -2.44. The Morgan fingerprint density at radius 2 is 1.86 bits per heavy atom. The van der Waals surface area contributed by atoms with Gasteiger partial charge in [-0.2, -0.15) is 0 Å². The first kappa shape index (κ1) is 15.9. The van der Waals surface area contributed by atoms with Crippen molar-refractivity contribution >= 4 is 21.9 Å². The predicted octanol–water partition coefficient (Wildman–Crippen LogP) is 2.20. The van der Waals surface area contributed by atoms with Gasteiger partial charge in [-0.15, -0.1) is 0 Å². The Kier molecular flexibility index (Phi) is 4.75. The van der Waals surface area contributed by atoms with Crippen molar-refractivity contribution in [1.29, 1.82) is 0 Å². The number of allylic oxidation sites excluding steroid dienone is 1. The molecule has 0 bridgehead atoms. The van der Waals surface area contributed by atoms with Crippen LogP contribution in [-0.4, -0.2) is 26.4 Å². The van der Waals surface area contributed by atoms with Crippen LogP contribution in [-0.2, 0) is 10.0 Å². The zero-order valence-corrected chi connectivity index (χ0v) is 12.7. The van der Waals surface area contributed by atoms with E-state index in [0.29, 0.717) is 5.56 Å². The summed E-state index contributed by atoms with van der Waals surface area (Å²) in [4.78, 5) is 12.1. The van der Waals surface area contributed by atoms with Gasteiger partial charge in [-0.1, -0.05) is 30.3 Å². The van der Waals surface area contributed by atoms with E-state index in [4.69, 9.17) is 0 Å². The number of carbonyl (C=O) groups is 1. The van der Waals surface area contributed by atoms with Gasteiger partial charge in [0.15, 0.2) is 5.78 Å². The molecular weight excluding hydrogens is 302 g/mol. The first-order chi connectivity index (χ1) is 10.4. The van der Waals surface area contributed by atoms with Crippen LogP contribution in [0.25, 0.3) is 6.08 Å². The van der Waals surface area contributed by atoms with Crippen LogP contribution in [0, 0.1) is 0 Å². The molecule has 0 aromatic heterocycles. The molecular formula is C16H15NO4S. The number of sulfonamides is 1. The van der Waals surface area contributed by atoms with Gasteiger partial charge in [-0.25, -0.2) is 13.1 Å². The van der Waals surface area contributed by atoms with Gasteiger partial charge in [0, 0.05) is 5.56 Å². The molecule has 2 aromatic carbocycles. The van der Waals surface area contributed by atoms with Crippen molar-refractivity contribution in [1.82, 2.24) is 4.72 Å². The highest BCUT2D eigenvalue weighted by molar-refractivity contribution is 7.89. The molecule has 0 aliphatic rings. The summed E-state index contributed by atoms with van der Waals surface area (Å²) in [6.07, 6.45) is 2.89. The SMILES string of the molecule is CNS(=O)(=O)c1cccc(C(=O)/C=C/c2cccc(O)c2)c1. The molecule has 2 rings (SSSR count). The van der Waals surface area contributed by atoms with Gasteiger partial charge in [0.25, 0.3) is 0 Å². The highest BCUT2D eigenvalue weighted by Crippen LogP contribution is 2.14. The largest absolute Gasteiger partial charge is 0.508 e. The van der Waals surface area contributed by atoms with Crippen LogP contribution in [0.2, 0.25) is 0 Å². The smallest absolute Gasteiger partial charge is 0.240 e. The van der Waals surface area contributed by atoms with E-state index in [-0.39, 0.29) is 22.0 Å². The minimum absolute atomic E-state index is 0.0339. The molecule has 6 heteroatoms. The van der Waals surface area contributed by atoms with Crippen molar-refractivity contribution in [2.45, 2.75) is 4.90 Å². The molecule has 2 aromatic rings. The topological polar surface area (TPSA) is 83.5 Å². The molecule has 0 amide bonds. The number of hydrogen-bond acceptors (Lipinski definition) is 4. The van der Waals surface area contributed by atoms with E-state index >= 15 is 0 Å². The number of phenolic OH excluding ortho intramolecular Hbond substituents is 1. The van der Waals surface area contributed by atoms with Crippen LogP contribution < -0.4 is 4.72 Å². The third kappa shape index (κ3) is 3.81. The highest BCUT2D eigenvalue weighted by atomic mass is 32.2. The zero-order valence-electron chi connectivity index (χ0n) is 11.9. The van der Waals surface area contributed by atoms with Crippen LogP contribution in [0.4, 0.5) is 0 Å². The summed E-state index contributed by atoms with van der Waals surface area (Å²) >= 11 is 0. The molecule has 0 aliphatic carbocycles. The molecule has 0 heterocycles. The molecule has 0 unspecified atom stereocenters. The lowest BCUT2D eigenvalue weighted by atomic mass is 10.1. The monoisotopic (exact) mass is 317 g/mol. The lowest BCUT2D eigenvalue weighted by molar-refractivity contribution is 0.104. The zero-order chi connectivity index (χ0) is 16.2. The molecule has 0 spiro atoms. The van der Waals surface area contributed by atoms with Crippen LogP contribution in [0.1, 0.15) is 15.9 Å². The Bertz CT molecular complexity index is 826. The van der Waals surface area contributed by atoms with Gasteiger partial charge < -0.3 is 5.11 Å². The maximum atomic E-state index is 12.1. The number of aromatic hydroxyl groups is 1. The molecule has 0 fully saturated rings. The molecule has 22 heavy (non-hydrogen) atoms. The summed E-state index contributed by atoms with van der Waals surface area (Å²) in [6.45, 7) is 0. The van der Waals surface area contributed by atoms with E-state index in [2.05, 4.69) is 4.72 Å². The number of benzene rings is 2. The summed E-state index contributed by atoms with van der Waals surface area (Å²) < 4.78 is 25.7. The normalized spacial score (nSPS) is 11.7. The summed E-state index contributed by atoms with van der Waals surface area (Å²) in [6, 6.07) is 12.3. The molecule has 0 aliphatic heterocycles. The minimum atomic E-state index is -3.59. The van der Waals surface area contributed by atoms with E-state index in [9.17, 15) is 18.3 Å². The first-order valence-corrected chi connectivity index (χ1v) is 7.96. The maximum Gasteiger partial charge on any atom is 0.240 e. The second-order valence-electron chi connectivity index (χ2n) is 4.53. The molecule has 0 radical (unpaired) electrons. The van der Waals surface area contributed by atoms with Crippen molar-refractivity contribution in [2.24, 2.45) is 0 Å². The molecule has 2 N–H and O–H groups in total. The first-order valence-electron chi connectivity index (χ1n) is 6.47. The minimum Gasteiger partial charge on any atom is -0.508 e. The van der Waals surface area contributed by atoms with Crippen LogP contribution in [0.15, 0.2) is 59.5 Å². The summed E-state index contributed by atoms with van der Waals surface area (Å²) in [5.41, 5.74) is 0.945. The Morgan fingerprint density at radius 1 is 1.14 bits per heavy atom. The number of nitrogens with one attached hydrogen (secondary N) is 1. The van der Waals surface area contributed by atoms with Gasteiger partial charge in [-0.3, -0.25) is 4.79 Å². The average molecular weight is 317 g/mol. The summed E-state index contributed by atoms with van der Waals surface area (Å²) in [5.74, 6) is -0.215. The Balaban J connectivity index is 2.25. The third-order valence-corrected chi connectivity index (χ3v) is 4.41. The van der Waals surface area contributed by atoms with Gasteiger partial charge in [0.05, 0.1) is 4.90 Å². The lowest BCUT2D eigenvalue weighted by Gasteiger charge is -2.03. The fraction of sp³-hybridized carbons (Fsp3) is 0.0625. The Labute approximate surface area is 129 Å². The fourth-order valence-corrected chi connectivity index (χ4v) is 2.61. The van der Waals surface area contributed by atoms with Crippen molar-refractivity contribution in [3.8, 4) is 5.75 Å². The fourth-order valence-electron chi connectivity index (χ4n) is 1.83. The van der Waals surface area contributed by atoms with Gasteiger partial charge >= 0.3 is 0 Å². The Morgan fingerprint density at radius 3 is 2.55 bits per heavy atom. The van der Waals surface area contributed by atoms with Crippen molar-refractivity contribution in [2.75, 3.05) is 7.05 Å². The average Bonchev–Trinajstić information content (AvgIpc) is 2.53. The molecule has 114 valence electrons. The number of hydrogen-bond donors (Lipinski definition) is 2. The van der Waals surface area contributed by atoms with E-state index in [1.807, 2.05) is 0 Å². The standard InChI is InChI=1S/C16H15NO4S/c1-17-22(20,21)15-7-3-5-13(11-15)16(19)9-8-12-4-2-6-14(18)10-12/h2-11,17-18H,1H3/b9-8+. The van der Waals surface area contributed by atoms with E-state index < -0.39 is 10.0 Å².